The highest BCUT2D eigenvalue weighted by atomic mass is 16.4. The van der Waals surface area contributed by atoms with Gasteiger partial charge in [-0.25, -0.2) is 4.79 Å². The van der Waals surface area contributed by atoms with Crippen molar-refractivity contribution < 1.29 is 58.5 Å². The van der Waals surface area contributed by atoms with Crippen molar-refractivity contribution in [3.63, 3.8) is 0 Å². The summed E-state index contributed by atoms with van der Waals surface area (Å²) in [6.07, 6.45) is 0.441. The van der Waals surface area contributed by atoms with Crippen molar-refractivity contribution in [3.05, 3.63) is 71.8 Å². The van der Waals surface area contributed by atoms with Gasteiger partial charge in [0.05, 0.1) is 5.60 Å². The van der Waals surface area contributed by atoms with Crippen LogP contribution in [0.15, 0.2) is 60.7 Å². The molecule has 0 radical (unpaired) electrons. The molecule has 3 rings (SSSR count). The van der Waals surface area contributed by atoms with Gasteiger partial charge in [-0.1, -0.05) is 143 Å². The Morgan fingerprint density at radius 1 is 0.625 bits per heavy atom. The number of likely N-dealkylation sites (N-methyl/N-ethyl adjacent to an activating group) is 4. The number of aliphatic hydroxyl groups is 2. The lowest BCUT2D eigenvalue weighted by Crippen LogP contribution is -2.63. The second-order valence-electron chi connectivity index (χ2n) is 23.6. The lowest BCUT2D eigenvalue weighted by molar-refractivity contribution is -0.160. The van der Waals surface area contributed by atoms with E-state index in [0.29, 0.717) is 30.4 Å². The van der Waals surface area contributed by atoms with Crippen LogP contribution >= 0.6 is 0 Å². The van der Waals surface area contributed by atoms with Gasteiger partial charge in [0, 0.05) is 47.6 Å². The number of nitrogens with zero attached hydrogens (tertiary/aromatic N) is 5. The number of carboxylic acid groups (broad SMARTS) is 1. The molecule has 2 unspecified atom stereocenters. The zero-order valence-electron chi connectivity index (χ0n) is 50.3. The number of carbonyl (C=O) groups is 9. The first kappa shape index (κ1) is 67.9. The van der Waals surface area contributed by atoms with Crippen molar-refractivity contribution in [2.24, 2.45) is 29.6 Å². The number of hydrogen-bond donors (Lipinski definition) is 6. The minimum atomic E-state index is -1.83. The Hall–Kier alpha value is -6.41. The van der Waals surface area contributed by atoms with E-state index in [1.54, 1.807) is 65.8 Å². The van der Waals surface area contributed by atoms with Crippen LogP contribution < -0.4 is 16.0 Å². The van der Waals surface area contributed by atoms with Crippen LogP contribution in [0.4, 0.5) is 0 Å². The number of benzene rings is 2. The number of carboxylic acids is 1. The lowest BCUT2D eigenvalue weighted by Gasteiger charge is -2.38. The van der Waals surface area contributed by atoms with Crippen LogP contribution in [-0.2, 0) is 56.0 Å². The van der Waals surface area contributed by atoms with E-state index in [1.807, 2.05) is 64.1 Å². The van der Waals surface area contributed by atoms with E-state index in [4.69, 9.17) is 0 Å². The molecule has 2 aromatic carbocycles. The summed E-state index contributed by atoms with van der Waals surface area (Å²) >= 11 is 0. The Bertz CT molecular complexity index is 2420. The Morgan fingerprint density at radius 3 is 1.54 bits per heavy atom. The van der Waals surface area contributed by atoms with Gasteiger partial charge in [0.25, 0.3) is 5.91 Å². The van der Waals surface area contributed by atoms with Crippen molar-refractivity contribution in [3.8, 4) is 0 Å². The molecule has 1 heterocycles. The highest BCUT2D eigenvalue weighted by Crippen LogP contribution is 2.26. The Labute approximate surface area is 474 Å². The number of aliphatic hydroxyl groups excluding tert-OH is 1. The Kier molecular flexibility index (Phi) is 25.8. The standard InChI is InChI=1S/C60H94N8O12/c1-17-38(9)46(57(76)65(14)47(36(5)6)52(71)61-42(32-35(3)4)55(74)67(16)50(59(78)79)60(11,12)80)63-51(70)44-30-25-31-68(44)56(75)45(34-41-28-23-20-24-29-41)64(13)54(73)43(33-40-26-21-19-22-27-40)62-53(72)48(37(7)8)66(15)58(77)49(69)39(10)18-2/h19-24,26-29,35-39,42-50,69,80H,17-18,25,30-34H2,1-16H3,(H,61,71)(H,62,72)(H,63,70)(H,78,79)/t38-,39+,42+,43+,44+,45+,46+,47+,48+,49?,50?/m1/s1. The molecular formula is C60H94N8O12. The van der Waals surface area contributed by atoms with Crippen molar-refractivity contribution in [1.29, 1.82) is 0 Å². The molecule has 1 saturated heterocycles. The molecule has 1 aliphatic heterocycles. The number of likely N-dealkylation sites (tertiary alicyclic amines) is 1. The third-order valence-corrected chi connectivity index (χ3v) is 15.6. The molecule has 2 aromatic rings. The summed E-state index contributed by atoms with van der Waals surface area (Å²) in [5.74, 6) is -8.42. The first-order chi connectivity index (χ1) is 37.3. The van der Waals surface area contributed by atoms with Crippen LogP contribution in [0, 0.1) is 29.6 Å². The van der Waals surface area contributed by atoms with E-state index in [-0.39, 0.29) is 44.1 Å². The zero-order chi connectivity index (χ0) is 60.7. The number of rotatable bonds is 29. The highest BCUT2D eigenvalue weighted by molar-refractivity contribution is 5.98. The van der Waals surface area contributed by atoms with Crippen molar-refractivity contribution in [2.45, 2.75) is 188 Å². The maximum Gasteiger partial charge on any atom is 0.329 e. The third kappa shape index (κ3) is 17.8. The molecule has 0 aromatic heterocycles. The summed E-state index contributed by atoms with van der Waals surface area (Å²) in [5, 5.41) is 40.2. The zero-order valence-corrected chi connectivity index (χ0v) is 50.3. The predicted molar refractivity (Wildman–Crippen MR) is 305 cm³/mol. The summed E-state index contributed by atoms with van der Waals surface area (Å²) in [7, 11) is 5.62. The van der Waals surface area contributed by atoms with Crippen LogP contribution in [0.5, 0.6) is 0 Å². The molecule has 6 N–H and O–H groups in total. The summed E-state index contributed by atoms with van der Waals surface area (Å²) in [4.78, 5) is 134. The van der Waals surface area contributed by atoms with Crippen LogP contribution in [0.3, 0.4) is 0 Å². The second kappa shape index (κ2) is 30.4. The molecule has 446 valence electrons. The molecule has 20 nitrogen and oxygen atoms in total. The fourth-order valence-electron chi connectivity index (χ4n) is 10.6. The molecule has 0 bridgehead atoms. The topological polar surface area (TPSA) is 267 Å². The quantitative estimate of drug-likeness (QED) is 0.0678. The molecule has 0 spiro atoms. The largest absolute Gasteiger partial charge is 0.480 e. The van der Waals surface area contributed by atoms with E-state index >= 15 is 9.59 Å². The molecule has 80 heavy (non-hydrogen) atoms. The van der Waals surface area contributed by atoms with Crippen LogP contribution in [0.25, 0.3) is 0 Å². The minimum Gasteiger partial charge on any atom is -0.480 e. The van der Waals surface area contributed by atoms with Crippen LogP contribution in [-0.4, -0.2) is 188 Å². The SMILES string of the molecule is CC[C@@H](C)[C@H](NC(=O)[C@@H]1CCCN1C(=O)[C@H](Cc1ccccc1)N(C)C(=O)[C@H](Cc1ccccc1)NC(=O)[C@H](C(C)C)N(C)C(=O)C(O)[C@@H](C)CC)C(=O)N(C)[C@H](C(=O)N[C@@H](CC(C)C)C(=O)N(C)C(C(=O)O)C(C)(C)O)C(C)C. The molecule has 11 atom stereocenters. The van der Waals surface area contributed by atoms with Gasteiger partial charge in [-0.3, -0.25) is 38.4 Å². The average molecular weight is 1120 g/mol. The second-order valence-corrected chi connectivity index (χ2v) is 23.6. The Balaban J connectivity index is 2.01. The molecule has 1 aliphatic rings. The van der Waals surface area contributed by atoms with Crippen LogP contribution in [0.2, 0.25) is 0 Å². The van der Waals surface area contributed by atoms with Gasteiger partial charge in [0.15, 0.2) is 6.04 Å². The number of nitrogens with one attached hydrogen (secondary N) is 3. The monoisotopic (exact) mass is 1120 g/mol. The fraction of sp³-hybridized carbons (Fsp3) is 0.650. The summed E-state index contributed by atoms with van der Waals surface area (Å²) in [5.41, 5.74) is -0.405. The van der Waals surface area contributed by atoms with Gasteiger partial charge in [0.1, 0.15) is 48.4 Å². The van der Waals surface area contributed by atoms with Gasteiger partial charge in [-0.2, -0.15) is 0 Å². The summed E-state index contributed by atoms with van der Waals surface area (Å²) < 4.78 is 0. The summed E-state index contributed by atoms with van der Waals surface area (Å²) in [6.45, 7) is 20.6. The smallest absolute Gasteiger partial charge is 0.329 e. The Morgan fingerprint density at radius 2 is 1.09 bits per heavy atom. The normalized spacial score (nSPS) is 17.4. The fourth-order valence-corrected chi connectivity index (χ4v) is 10.6. The van der Waals surface area contributed by atoms with Gasteiger partial charge < -0.3 is 55.8 Å². The molecule has 0 saturated carbocycles. The minimum absolute atomic E-state index is 0.0256. The van der Waals surface area contributed by atoms with Gasteiger partial charge in [-0.15, -0.1) is 0 Å². The first-order valence-corrected chi connectivity index (χ1v) is 28.3. The highest BCUT2D eigenvalue weighted by Gasteiger charge is 2.46. The maximum absolute atomic E-state index is 15.2. The molecule has 20 heteroatoms. The van der Waals surface area contributed by atoms with E-state index in [0.717, 1.165) is 4.90 Å². The van der Waals surface area contributed by atoms with E-state index in [9.17, 15) is 48.9 Å². The predicted octanol–water partition coefficient (Wildman–Crippen LogP) is 3.89. The number of carbonyl (C=O) groups excluding carboxylic acids is 8. The van der Waals surface area contributed by atoms with E-state index in [1.165, 1.54) is 61.6 Å². The summed E-state index contributed by atoms with van der Waals surface area (Å²) in [6, 6.07) is 8.34. The number of hydrogen-bond acceptors (Lipinski definition) is 11. The van der Waals surface area contributed by atoms with Crippen molar-refractivity contribution in [2.75, 3.05) is 34.7 Å². The first-order valence-electron chi connectivity index (χ1n) is 28.3. The average Bonchev–Trinajstić information content (AvgIpc) is 3.89. The molecule has 8 amide bonds. The molecule has 0 aliphatic carbocycles. The third-order valence-electron chi connectivity index (χ3n) is 15.6. The van der Waals surface area contributed by atoms with E-state index < -0.39 is 131 Å². The van der Waals surface area contributed by atoms with Crippen molar-refractivity contribution >= 4 is 53.2 Å². The molecular weight excluding hydrogens is 1020 g/mol. The van der Waals surface area contributed by atoms with Gasteiger partial charge in [-0.05, 0) is 73.8 Å². The number of aliphatic carboxylic acids is 1. The number of amides is 8. The van der Waals surface area contributed by atoms with Crippen LogP contribution in [0.1, 0.15) is 126 Å². The lowest BCUT2D eigenvalue weighted by atomic mass is 9.94. The maximum atomic E-state index is 15.2. The van der Waals surface area contributed by atoms with Gasteiger partial charge in [0.2, 0.25) is 41.4 Å². The van der Waals surface area contributed by atoms with Crippen molar-refractivity contribution in [1.82, 2.24) is 40.4 Å². The van der Waals surface area contributed by atoms with Gasteiger partial charge >= 0.3 is 5.97 Å². The molecule has 1 fully saturated rings. The van der Waals surface area contributed by atoms with E-state index in [2.05, 4.69) is 16.0 Å².